The number of anilines is 2. The van der Waals surface area contributed by atoms with E-state index in [9.17, 15) is 14.0 Å². The van der Waals surface area contributed by atoms with Crippen molar-refractivity contribution < 1.29 is 23.6 Å². The maximum Gasteiger partial charge on any atom is 0.267 e. The van der Waals surface area contributed by atoms with Crippen molar-refractivity contribution >= 4 is 40.5 Å². The number of hydrogen-bond acceptors (Lipinski definition) is 7. The van der Waals surface area contributed by atoms with E-state index >= 15 is 0 Å². The molecule has 1 saturated heterocycles. The van der Waals surface area contributed by atoms with E-state index in [0.717, 1.165) is 42.7 Å². The third kappa shape index (κ3) is 5.44. The van der Waals surface area contributed by atoms with Crippen molar-refractivity contribution in [1.82, 2.24) is 9.88 Å². The Kier molecular flexibility index (Phi) is 8.08. The van der Waals surface area contributed by atoms with Crippen molar-refractivity contribution in [3.63, 3.8) is 0 Å². The Balaban J connectivity index is 1.29. The average molecular weight is 592 g/mol. The van der Waals surface area contributed by atoms with Crippen LogP contribution in [0.1, 0.15) is 42.0 Å². The van der Waals surface area contributed by atoms with E-state index in [4.69, 9.17) is 21.2 Å². The number of hydrogen-bond donors (Lipinski definition) is 1. The van der Waals surface area contributed by atoms with Gasteiger partial charge in [0.15, 0.2) is 5.82 Å². The standard InChI is InChI=1S/C31H31ClFN5O4/c1-41-20-10-14-37(15-11-20)26-9-3-6-22-21(26)12-16-38(29(22)30(39)35-19-5-4-13-34-18-19)31(40)27-17-25(36-42-27)23-7-2-8-24(32)28(23)33/h2-9,13,18,20,27,29H,10-12,14-17H2,1H3,(H,35,39)/t27?,29-/m1/s1. The lowest BCUT2D eigenvalue weighted by Gasteiger charge is -2.40. The van der Waals surface area contributed by atoms with Gasteiger partial charge in [0.2, 0.25) is 6.10 Å². The highest BCUT2D eigenvalue weighted by Crippen LogP contribution is 2.38. The van der Waals surface area contributed by atoms with Gasteiger partial charge in [-0.15, -0.1) is 0 Å². The molecule has 4 heterocycles. The van der Waals surface area contributed by atoms with Crippen molar-refractivity contribution in [2.24, 2.45) is 5.16 Å². The number of carbonyl (C=O) groups is 2. The Morgan fingerprint density at radius 1 is 1.10 bits per heavy atom. The third-order valence-corrected chi connectivity index (χ3v) is 8.47. The SMILES string of the molecule is COC1CCN(c2cccc3c2CCN(C(=O)C2CC(c4cccc(Cl)c4F)=NO2)[C@H]3C(=O)Nc2cccnc2)CC1. The molecule has 0 bridgehead atoms. The van der Waals surface area contributed by atoms with Gasteiger partial charge in [-0.2, -0.15) is 0 Å². The lowest BCUT2D eigenvalue weighted by atomic mass is 9.89. The molecule has 1 unspecified atom stereocenters. The molecule has 6 rings (SSSR count). The summed E-state index contributed by atoms with van der Waals surface area (Å²) < 4.78 is 20.2. The summed E-state index contributed by atoms with van der Waals surface area (Å²) in [7, 11) is 1.75. The Hall–Kier alpha value is -4.02. The number of aromatic nitrogens is 1. The first-order valence-corrected chi connectivity index (χ1v) is 14.4. The molecule has 1 N–H and O–H groups in total. The van der Waals surface area contributed by atoms with Crippen LogP contribution in [0.4, 0.5) is 15.8 Å². The monoisotopic (exact) mass is 591 g/mol. The first-order chi connectivity index (χ1) is 20.4. The van der Waals surface area contributed by atoms with Crippen LogP contribution in [-0.4, -0.2) is 66.4 Å². The van der Waals surface area contributed by atoms with Crippen LogP contribution in [0.2, 0.25) is 5.02 Å². The molecule has 0 saturated carbocycles. The van der Waals surface area contributed by atoms with Gasteiger partial charge in [0.05, 0.1) is 28.7 Å². The maximum absolute atomic E-state index is 14.7. The van der Waals surface area contributed by atoms with Crippen molar-refractivity contribution in [2.45, 2.75) is 43.9 Å². The van der Waals surface area contributed by atoms with Crippen LogP contribution in [0.15, 0.2) is 66.1 Å². The molecule has 42 heavy (non-hydrogen) atoms. The molecule has 2 amide bonds. The fourth-order valence-corrected chi connectivity index (χ4v) is 6.20. The third-order valence-electron chi connectivity index (χ3n) is 8.18. The lowest BCUT2D eigenvalue weighted by Crippen LogP contribution is -2.49. The van der Waals surface area contributed by atoms with Crippen LogP contribution in [-0.2, 0) is 25.6 Å². The molecule has 1 aromatic heterocycles. The van der Waals surface area contributed by atoms with E-state index < -0.39 is 18.0 Å². The minimum absolute atomic E-state index is 0.0352. The molecular formula is C31H31ClFN5O4. The van der Waals surface area contributed by atoms with E-state index in [1.807, 2.05) is 12.1 Å². The lowest BCUT2D eigenvalue weighted by molar-refractivity contribution is -0.148. The molecule has 0 radical (unpaired) electrons. The molecule has 1 fully saturated rings. The summed E-state index contributed by atoms with van der Waals surface area (Å²) >= 11 is 5.96. The quantitative estimate of drug-likeness (QED) is 0.445. The number of benzene rings is 2. The second-order valence-corrected chi connectivity index (χ2v) is 11.0. The van der Waals surface area contributed by atoms with Crippen molar-refractivity contribution in [3.8, 4) is 0 Å². The van der Waals surface area contributed by atoms with Gasteiger partial charge in [-0.3, -0.25) is 14.6 Å². The number of piperidine rings is 1. The van der Waals surface area contributed by atoms with Crippen LogP contribution in [0, 0.1) is 5.82 Å². The Labute approximate surface area is 248 Å². The zero-order valence-electron chi connectivity index (χ0n) is 23.1. The molecule has 2 atom stereocenters. The Morgan fingerprint density at radius 3 is 2.67 bits per heavy atom. The van der Waals surface area contributed by atoms with Gasteiger partial charge in [0.1, 0.15) is 6.04 Å². The summed E-state index contributed by atoms with van der Waals surface area (Å²) in [5, 5.41) is 6.91. The van der Waals surface area contributed by atoms with Crippen LogP contribution >= 0.6 is 11.6 Å². The maximum atomic E-state index is 14.7. The molecule has 9 nitrogen and oxygen atoms in total. The summed E-state index contributed by atoms with van der Waals surface area (Å²) in [5.74, 6) is -1.36. The van der Waals surface area contributed by atoms with Gasteiger partial charge < -0.3 is 24.7 Å². The fraction of sp³-hybridized carbons (Fsp3) is 0.355. The largest absolute Gasteiger partial charge is 0.382 e. The van der Waals surface area contributed by atoms with E-state index in [2.05, 4.69) is 26.4 Å². The zero-order chi connectivity index (χ0) is 29.2. The fourth-order valence-electron chi connectivity index (χ4n) is 6.03. The molecule has 2 aromatic carbocycles. The number of oxime groups is 1. The molecule has 3 aromatic rings. The first kappa shape index (κ1) is 28.1. The summed E-state index contributed by atoms with van der Waals surface area (Å²) in [5.41, 5.74) is 3.90. The summed E-state index contributed by atoms with van der Waals surface area (Å²) in [4.78, 5) is 41.4. The number of methoxy groups -OCH3 is 1. The molecular weight excluding hydrogens is 561 g/mol. The highest BCUT2D eigenvalue weighted by Gasteiger charge is 2.42. The van der Waals surface area contributed by atoms with Gasteiger partial charge in [-0.1, -0.05) is 35.0 Å². The number of ether oxygens (including phenoxy) is 1. The average Bonchev–Trinajstić information content (AvgIpc) is 3.52. The van der Waals surface area contributed by atoms with E-state index in [1.165, 1.54) is 6.07 Å². The summed E-state index contributed by atoms with van der Waals surface area (Å²) in [6.07, 6.45) is 4.90. The number of rotatable bonds is 6. The number of nitrogens with zero attached hydrogens (tertiary/aromatic N) is 4. The molecule has 11 heteroatoms. The van der Waals surface area contributed by atoms with Crippen LogP contribution in [0.5, 0.6) is 0 Å². The van der Waals surface area contributed by atoms with Crippen molar-refractivity contribution in [2.75, 3.05) is 37.0 Å². The first-order valence-electron chi connectivity index (χ1n) is 14.0. The molecule has 3 aliphatic heterocycles. The molecule has 218 valence electrons. The van der Waals surface area contributed by atoms with Gasteiger partial charge >= 0.3 is 0 Å². The van der Waals surface area contributed by atoms with E-state index in [-0.39, 0.29) is 34.9 Å². The second kappa shape index (κ2) is 12.1. The smallest absolute Gasteiger partial charge is 0.267 e. The van der Waals surface area contributed by atoms with Gasteiger partial charge in [0.25, 0.3) is 11.8 Å². The Bertz CT molecular complexity index is 1510. The van der Waals surface area contributed by atoms with Crippen molar-refractivity contribution in [3.05, 3.63) is 88.5 Å². The second-order valence-electron chi connectivity index (χ2n) is 10.6. The summed E-state index contributed by atoms with van der Waals surface area (Å²) in [6, 6.07) is 13.1. The highest BCUT2D eigenvalue weighted by molar-refractivity contribution is 6.31. The van der Waals surface area contributed by atoms with E-state index in [1.54, 1.807) is 48.7 Å². The normalized spacial score (nSPS) is 20.5. The molecule has 3 aliphatic rings. The number of nitrogens with one attached hydrogen (secondary N) is 1. The number of fused-ring (bicyclic) bond motifs is 1. The number of halogens is 2. The minimum atomic E-state index is -0.995. The van der Waals surface area contributed by atoms with Crippen LogP contribution in [0.3, 0.4) is 0 Å². The minimum Gasteiger partial charge on any atom is -0.382 e. The van der Waals surface area contributed by atoms with Crippen LogP contribution in [0.25, 0.3) is 0 Å². The summed E-state index contributed by atoms with van der Waals surface area (Å²) in [6.45, 7) is 2.00. The van der Waals surface area contributed by atoms with Gasteiger partial charge in [-0.05, 0) is 60.7 Å². The Morgan fingerprint density at radius 2 is 1.90 bits per heavy atom. The number of carbonyl (C=O) groups excluding carboxylic acids is 2. The molecule has 0 spiro atoms. The van der Waals surface area contributed by atoms with Gasteiger partial charge in [-0.25, -0.2) is 4.39 Å². The van der Waals surface area contributed by atoms with Crippen molar-refractivity contribution in [1.29, 1.82) is 0 Å². The predicted octanol–water partition coefficient (Wildman–Crippen LogP) is 4.75. The predicted molar refractivity (Wildman–Crippen MR) is 157 cm³/mol. The molecule has 0 aliphatic carbocycles. The number of amides is 2. The zero-order valence-corrected chi connectivity index (χ0v) is 23.9. The van der Waals surface area contributed by atoms with E-state index in [0.29, 0.717) is 24.4 Å². The topological polar surface area (TPSA) is 96.4 Å². The van der Waals surface area contributed by atoms with Crippen LogP contribution < -0.4 is 10.2 Å². The number of pyridine rings is 1. The van der Waals surface area contributed by atoms with Gasteiger partial charge in [0, 0.05) is 50.6 Å². The highest BCUT2D eigenvalue weighted by atomic mass is 35.5.